The summed E-state index contributed by atoms with van der Waals surface area (Å²) >= 11 is 0. The van der Waals surface area contributed by atoms with Gasteiger partial charge in [-0.2, -0.15) is 0 Å². The standard InChI is InChI=1S/C52H78O6/c1-4-7-10-13-16-19-21-23-24-25-26-27-29-30-33-36-39-42-45-51(54)57-48-49(47-56-50(53)44-41-38-35-32-18-15-12-9-6-3)58-52(55)46-43-40-37-34-31-28-22-20-17-14-11-8-5-2/h8-14,16-28,31-32,49H,4-7,15,29-30,33-48H2,1-3H3/b11-8-,12-9-,13-10-,17-14-,19-16-,22-20-,23-21-,25-24-,27-26-,31-28-,32-18-. The number of allylic oxidation sites excluding steroid dienone is 22. The van der Waals surface area contributed by atoms with Gasteiger partial charge in [0, 0.05) is 19.3 Å². The molecule has 0 aromatic rings. The minimum Gasteiger partial charge on any atom is -0.462 e. The summed E-state index contributed by atoms with van der Waals surface area (Å²) in [6, 6.07) is 0. The van der Waals surface area contributed by atoms with Gasteiger partial charge in [-0.3, -0.25) is 14.4 Å². The molecule has 6 nitrogen and oxygen atoms in total. The Morgan fingerprint density at radius 2 is 0.759 bits per heavy atom. The number of carbonyl (C=O) groups excluding carboxylic acids is 3. The highest BCUT2D eigenvalue weighted by Gasteiger charge is 2.19. The molecule has 0 aliphatic carbocycles. The Kier molecular flexibility index (Phi) is 41.8. The Hall–Kier alpha value is -4.45. The van der Waals surface area contributed by atoms with Crippen LogP contribution in [-0.2, 0) is 28.6 Å². The largest absolute Gasteiger partial charge is 0.462 e. The van der Waals surface area contributed by atoms with Crippen LogP contribution in [0.5, 0.6) is 0 Å². The molecule has 0 aliphatic heterocycles. The number of esters is 3. The lowest BCUT2D eigenvalue weighted by Gasteiger charge is -2.18. The Morgan fingerprint density at radius 1 is 0.379 bits per heavy atom. The molecule has 0 bridgehead atoms. The molecule has 0 amide bonds. The van der Waals surface area contributed by atoms with E-state index in [9.17, 15) is 14.4 Å². The number of carbonyl (C=O) groups is 3. The predicted molar refractivity (Wildman–Crippen MR) is 246 cm³/mol. The molecule has 0 saturated heterocycles. The van der Waals surface area contributed by atoms with E-state index in [4.69, 9.17) is 14.2 Å². The monoisotopic (exact) mass is 799 g/mol. The molecule has 0 spiro atoms. The van der Waals surface area contributed by atoms with Crippen LogP contribution >= 0.6 is 0 Å². The Labute approximate surface area is 354 Å². The lowest BCUT2D eigenvalue weighted by Crippen LogP contribution is -2.30. The van der Waals surface area contributed by atoms with Gasteiger partial charge in [0.2, 0.25) is 0 Å². The number of unbranched alkanes of at least 4 members (excludes halogenated alkanes) is 11. The molecule has 1 unspecified atom stereocenters. The van der Waals surface area contributed by atoms with Crippen LogP contribution in [0.15, 0.2) is 134 Å². The first-order valence-electron chi connectivity index (χ1n) is 22.3. The Bertz CT molecular complexity index is 1330. The summed E-state index contributed by atoms with van der Waals surface area (Å²) < 4.78 is 16.6. The SMILES string of the molecule is CC\C=C/C=C\C=C/C=C\CCCCCC(=O)OC(COC(=O)CCCC/C=C\C/C=C\CC)COC(=O)CCCCCCC\C=C/C=C\C=C/C=C\C=C/CCC. The van der Waals surface area contributed by atoms with Crippen molar-refractivity contribution in [2.45, 2.75) is 162 Å². The lowest BCUT2D eigenvalue weighted by atomic mass is 10.1. The second-order valence-corrected chi connectivity index (χ2v) is 14.1. The average molecular weight is 799 g/mol. The van der Waals surface area contributed by atoms with Crippen LogP contribution < -0.4 is 0 Å². The minimum atomic E-state index is -0.825. The molecule has 0 saturated carbocycles. The normalized spacial score (nSPS) is 13.4. The second kappa shape index (κ2) is 45.3. The molecule has 0 rings (SSSR count). The zero-order valence-electron chi connectivity index (χ0n) is 36.5. The van der Waals surface area contributed by atoms with E-state index in [1.54, 1.807) is 0 Å². The zero-order valence-corrected chi connectivity index (χ0v) is 36.5. The fraction of sp³-hybridized carbons (Fsp3) is 0.519. The summed E-state index contributed by atoms with van der Waals surface area (Å²) in [5.74, 6) is -1.04. The number of hydrogen-bond acceptors (Lipinski definition) is 6. The van der Waals surface area contributed by atoms with E-state index in [1.165, 1.54) is 6.42 Å². The highest BCUT2D eigenvalue weighted by Crippen LogP contribution is 2.11. The Balaban J connectivity index is 4.53. The molecule has 322 valence electrons. The molecule has 0 aliphatic rings. The smallest absolute Gasteiger partial charge is 0.306 e. The van der Waals surface area contributed by atoms with Gasteiger partial charge in [-0.1, -0.05) is 187 Å². The lowest BCUT2D eigenvalue weighted by molar-refractivity contribution is -0.167. The van der Waals surface area contributed by atoms with E-state index in [0.717, 1.165) is 96.3 Å². The zero-order chi connectivity index (χ0) is 42.3. The minimum absolute atomic E-state index is 0.124. The van der Waals surface area contributed by atoms with Gasteiger partial charge in [-0.05, 0) is 83.5 Å². The van der Waals surface area contributed by atoms with Crippen LogP contribution in [0.1, 0.15) is 156 Å². The second-order valence-electron chi connectivity index (χ2n) is 14.1. The van der Waals surface area contributed by atoms with Gasteiger partial charge in [0.1, 0.15) is 13.2 Å². The van der Waals surface area contributed by atoms with Gasteiger partial charge < -0.3 is 14.2 Å². The summed E-state index contributed by atoms with van der Waals surface area (Å²) in [6.07, 6.45) is 63.0. The van der Waals surface area contributed by atoms with Gasteiger partial charge in [0.05, 0.1) is 0 Å². The van der Waals surface area contributed by atoms with Crippen molar-refractivity contribution < 1.29 is 28.6 Å². The highest BCUT2D eigenvalue weighted by molar-refractivity contribution is 5.71. The number of hydrogen-bond donors (Lipinski definition) is 0. The summed E-state index contributed by atoms with van der Waals surface area (Å²) in [5, 5.41) is 0. The molecule has 6 heteroatoms. The van der Waals surface area contributed by atoms with Gasteiger partial charge in [-0.15, -0.1) is 0 Å². The van der Waals surface area contributed by atoms with E-state index < -0.39 is 6.10 Å². The Morgan fingerprint density at radius 3 is 1.29 bits per heavy atom. The van der Waals surface area contributed by atoms with Crippen LogP contribution in [0.25, 0.3) is 0 Å². The van der Waals surface area contributed by atoms with Crippen molar-refractivity contribution in [2.24, 2.45) is 0 Å². The van der Waals surface area contributed by atoms with E-state index in [2.05, 4.69) is 81.5 Å². The third-order valence-electron chi connectivity index (χ3n) is 8.57. The maximum Gasteiger partial charge on any atom is 0.306 e. The van der Waals surface area contributed by atoms with Crippen molar-refractivity contribution in [1.29, 1.82) is 0 Å². The topological polar surface area (TPSA) is 78.9 Å². The molecular formula is C52H78O6. The van der Waals surface area contributed by atoms with E-state index in [-0.39, 0.29) is 37.5 Å². The maximum absolute atomic E-state index is 12.7. The number of rotatable bonds is 37. The molecular weight excluding hydrogens is 721 g/mol. The molecule has 58 heavy (non-hydrogen) atoms. The first-order valence-corrected chi connectivity index (χ1v) is 22.3. The van der Waals surface area contributed by atoms with Crippen LogP contribution in [0.2, 0.25) is 0 Å². The van der Waals surface area contributed by atoms with Crippen LogP contribution in [0, 0.1) is 0 Å². The first-order chi connectivity index (χ1) is 28.5. The summed E-state index contributed by atoms with van der Waals surface area (Å²) in [4.78, 5) is 37.7. The highest BCUT2D eigenvalue weighted by atomic mass is 16.6. The third kappa shape index (κ3) is 42.7. The van der Waals surface area contributed by atoms with Crippen molar-refractivity contribution in [3.63, 3.8) is 0 Å². The van der Waals surface area contributed by atoms with E-state index in [0.29, 0.717) is 25.7 Å². The van der Waals surface area contributed by atoms with Crippen LogP contribution in [-0.4, -0.2) is 37.2 Å². The van der Waals surface area contributed by atoms with Crippen molar-refractivity contribution >= 4 is 17.9 Å². The molecule has 0 aromatic carbocycles. The van der Waals surface area contributed by atoms with E-state index in [1.807, 2.05) is 72.9 Å². The molecule has 1 atom stereocenters. The summed E-state index contributed by atoms with van der Waals surface area (Å²) in [7, 11) is 0. The van der Waals surface area contributed by atoms with Crippen molar-refractivity contribution in [3.8, 4) is 0 Å². The fourth-order valence-corrected chi connectivity index (χ4v) is 5.28. The van der Waals surface area contributed by atoms with E-state index >= 15 is 0 Å². The average Bonchev–Trinajstić information content (AvgIpc) is 3.22. The molecule has 0 fully saturated rings. The molecule has 0 heterocycles. The predicted octanol–water partition coefficient (Wildman–Crippen LogP) is 14.4. The molecule has 0 radical (unpaired) electrons. The summed E-state index contributed by atoms with van der Waals surface area (Å²) in [6.45, 7) is 6.15. The van der Waals surface area contributed by atoms with Crippen molar-refractivity contribution in [1.82, 2.24) is 0 Å². The van der Waals surface area contributed by atoms with Crippen molar-refractivity contribution in [3.05, 3.63) is 134 Å². The third-order valence-corrected chi connectivity index (χ3v) is 8.57. The van der Waals surface area contributed by atoms with Crippen molar-refractivity contribution in [2.75, 3.05) is 13.2 Å². The van der Waals surface area contributed by atoms with Gasteiger partial charge in [0.25, 0.3) is 0 Å². The maximum atomic E-state index is 12.7. The van der Waals surface area contributed by atoms with Gasteiger partial charge >= 0.3 is 17.9 Å². The summed E-state index contributed by atoms with van der Waals surface area (Å²) in [5.41, 5.74) is 0. The quantitative estimate of drug-likeness (QED) is 0.0205. The first kappa shape index (κ1) is 53.6. The fourth-order valence-electron chi connectivity index (χ4n) is 5.28. The molecule has 0 N–H and O–H groups in total. The molecule has 0 aromatic heterocycles. The number of ether oxygens (including phenoxy) is 3. The van der Waals surface area contributed by atoms with Gasteiger partial charge in [-0.25, -0.2) is 0 Å². The van der Waals surface area contributed by atoms with Crippen LogP contribution in [0.3, 0.4) is 0 Å². The van der Waals surface area contributed by atoms with Crippen LogP contribution in [0.4, 0.5) is 0 Å². The van der Waals surface area contributed by atoms with Gasteiger partial charge in [0.15, 0.2) is 6.10 Å².